The van der Waals surface area contributed by atoms with Gasteiger partial charge in [0.1, 0.15) is 18.1 Å². The molecule has 0 aliphatic carbocycles. The van der Waals surface area contributed by atoms with Crippen molar-refractivity contribution >= 4 is 21.4 Å². The number of fused-ring (bicyclic) bond motifs is 1. The summed E-state index contributed by atoms with van der Waals surface area (Å²) >= 11 is 1.65. The number of thiophene rings is 1. The molecule has 1 heterocycles. The fraction of sp³-hybridized carbons (Fsp3) is 0.125. The van der Waals surface area contributed by atoms with Crippen molar-refractivity contribution in [2.24, 2.45) is 0 Å². The molecule has 2 nitrogen and oxygen atoms in total. The number of rotatable bonds is 3. The smallest absolute Gasteiger partial charge is 0.122 e. The van der Waals surface area contributed by atoms with Crippen molar-refractivity contribution in [2.75, 3.05) is 0 Å². The number of hydrogen-bond donors (Lipinski definition) is 1. The Morgan fingerprint density at radius 1 is 1.11 bits per heavy atom. The molecule has 0 aliphatic heterocycles. The number of benzene rings is 2. The first-order chi connectivity index (χ1) is 9.22. The standard InChI is InChI=1S/C16H14O2S/c1-11-4-2-3-5-15(11)18-10-14-8-12-6-7-13(17)9-16(12)19-14/h2-9,17H,10H2,1H3. The van der Waals surface area contributed by atoms with Crippen molar-refractivity contribution in [2.45, 2.75) is 13.5 Å². The third kappa shape index (κ3) is 2.56. The van der Waals surface area contributed by atoms with Gasteiger partial charge >= 0.3 is 0 Å². The van der Waals surface area contributed by atoms with Gasteiger partial charge in [0.2, 0.25) is 0 Å². The molecule has 2 aromatic carbocycles. The lowest BCUT2D eigenvalue weighted by molar-refractivity contribution is 0.308. The summed E-state index contributed by atoms with van der Waals surface area (Å²) in [5.74, 6) is 1.23. The summed E-state index contributed by atoms with van der Waals surface area (Å²) in [5, 5.41) is 10.6. The maximum atomic E-state index is 9.46. The average Bonchev–Trinajstić information content (AvgIpc) is 2.79. The Hall–Kier alpha value is -2.00. The van der Waals surface area contributed by atoms with Crippen molar-refractivity contribution < 1.29 is 9.84 Å². The van der Waals surface area contributed by atoms with Crippen molar-refractivity contribution in [3.63, 3.8) is 0 Å². The van der Waals surface area contributed by atoms with E-state index in [0.29, 0.717) is 12.4 Å². The van der Waals surface area contributed by atoms with Crippen LogP contribution in [-0.4, -0.2) is 5.11 Å². The second kappa shape index (κ2) is 4.94. The molecule has 0 amide bonds. The average molecular weight is 270 g/mol. The molecule has 19 heavy (non-hydrogen) atoms. The minimum absolute atomic E-state index is 0.306. The van der Waals surface area contributed by atoms with Crippen LogP contribution in [0.2, 0.25) is 0 Å². The molecule has 0 atom stereocenters. The molecule has 3 rings (SSSR count). The Morgan fingerprint density at radius 3 is 2.79 bits per heavy atom. The molecule has 0 saturated heterocycles. The first-order valence-electron chi connectivity index (χ1n) is 6.12. The topological polar surface area (TPSA) is 29.5 Å². The molecular formula is C16H14O2S. The van der Waals surface area contributed by atoms with Gasteiger partial charge < -0.3 is 9.84 Å². The molecule has 0 bridgehead atoms. The maximum absolute atomic E-state index is 9.46. The molecule has 0 spiro atoms. The van der Waals surface area contributed by atoms with Crippen LogP contribution in [-0.2, 0) is 6.61 Å². The molecule has 0 aliphatic rings. The number of aromatic hydroxyl groups is 1. The Kier molecular flexibility index (Phi) is 3.13. The van der Waals surface area contributed by atoms with E-state index in [0.717, 1.165) is 26.3 Å². The highest BCUT2D eigenvalue weighted by Crippen LogP contribution is 2.29. The van der Waals surface area contributed by atoms with Crippen molar-refractivity contribution in [1.29, 1.82) is 0 Å². The molecule has 1 aromatic heterocycles. The number of phenols is 1. The van der Waals surface area contributed by atoms with Crippen LogP contribution in [0.3, 0.4) is 0 Å². The van der Waals surface area contributed by atoms with Gasteiger partial charge in [-0.2, -0.15) is 0 Å². The summed E-state index contributed by atoms with van der Waals surface area (Å²) in [6, 6.07) is 15.5. The van der Waals surface area contributed by atoms with Gasteiger partial charge in [0, 0.05) is 9.58 Å². The number of ether oxygens (including phenoxy) is 1. The van der Waals surface area contributed by atoms with Gasteiger partial charge in [-0.1, -0.05) is 18.2 Å². The van der Waals surface area contributed by atoms with Crippen LogP contribution in [0.15, 0.2) is 48.5 Å². The summed E-state index contributed by atoms with van der Waals surface area (Å²) in [5.41, 5.74) is 1.14. The van der Waals surface area contributed by atoms with Crippen LogP contribution < -0.4 is 4.74 Å². The number of hydrogen-bond acceptors (Lipinski definition) is 3. The third-order valence-corrected chi connectivity index (χ3v) is 4.09. The van der Waals surface area contributed by atoms with E-state index in [1.165, 1.54) is 0 Å². The molecule has 0 unspecified atom stereocenters. The summed E-state index contributed by atoms with van der Waals surface area (Å²) in [6.45, 7) is 2.60. The summed E-state index contributed by atoms with van der Waals surface area (Å²) in [7, 11) is 0. The highest BCUT2D eigenvalue weighted by Gasteiger charge is 2.04. The van der Waals surface area contributed by atoms with E-state index >= 15 is 0 Å². The first kappa shape index (κ1) is 12.1. The van der Waals surface area contributed by atoms with Gasteiger partial charge in [-0.25, -0.2) is 0 Å². The van der Waals surface area contributed by atoms with Gasteiger partial charge in [-0.3, -0.25) is 0 Å². The molecule has 3 heteroatoms. The summed E-state index contributed by atoms with van der Waals surface area (Å²) in [4.78, 5) is 1.16. The monoisotopic (exact) mass is 270 g/mol. The van der Waals surface area contributed by atoms with Crippen molar-refractivity contribution in [1.82, 2.24) is 0 Å². The lowest BCUT2D eigenvalue weighted by Crippen LogP contribution is -1.94. The minimum Gasteiger partial charge on any atom is -0.508 e. The second-order valence-electron chi connectivity index (χ2n) is 4.49. The van der Waals surface area contributed by atoms with Gasteiger partial charge in [0.15, 0.2) is 0 Å². The largest absolute Gasteiger partial charge is 0.508 e. The predicted molar refractivity (Wildman–Crippen MR) is 79.0 cm³/mol. The Morgan fingerprint density at radius 2 is 1.95 bits per heavy atom. The maximum Gasteiger partial charge on any atom is 0.122 e. The van der Waals surface area contributed by atoms with Crippen molar-refractivity contribution in [3.8, 4) is 11.5 Å². The summed E-state index contributed by atoms with van der Waals surface area (Å²) in [6.07, 6.45) is 0. The Bertz CT molecular complexity index is 716. The van der Waals surface area contributed by atoms with Gasteiger partial charge in [-0.05, 0) is 48.2 Å². The van der Waals surface area contributed by atoms with Crippen LogP contribution in [0, 0.1) is 6.92 Å². The highest BCUT2D eigenvalue weighted by atomic mass is 32.1. The quantitative estimate of drug-likeness (QED) is 0.759. The number of phenolic OH excluding ortho intramolecular Hbond substituents is 1. The fourth-order valence-corrected chi connectivity index (χ4v) is 3.02. The molecule has 1 N–H and O–H groups in total. The molecule has 3 aromatic rings. The Balaban J connectivity index is 1.80. The molecule has 0 fully saturated rings. The van der Waals surface area contributed by atoms with Gasteiger partial charge in [0.25, 0.3) is 0 Å². The van der Waals surface area contributed by atoms with Crippen LogP contribution in [0.5, 0.6) is 11.5 Å². The van der Waals surface area contributed by atoms with E-state index in [9.17, 15) is 5.11 Å². The van der Waals surface area contributed by atoms with Crippen LogP contribution >= 0.6 is 11.3 Å². The predicted octanol–water partition coefficient (Wildman–Crippen LogP) is 4.49. The highest BCUT2D eigenvalue weighted by molar-refractivity contribution is 7.19. The zero-order valence-corrected chi connectivity index (χ0v) is 11.4. The molecular weight excluding hydrogens is 256 g/mol. The normalized spacial score (nSPS) is 10.8. The SMILES string of the molecule is Cc1ccccc1OCc1cc2ccc(O)cc2s1. The van der Waals surface area contributed by atoms with Gasteiger partial charge in [0.05, 0.1) is 0 Å². The van der Waals surface area contributed by atoms with E-state index in [-0.39, 0.29) is 0 Å². The number of para-hydroxylation sites is 1. The third-order valence-electron chi connectivity index (χ3n) is 3.02. The minimum atomic E-state index is 0.306. The van der Waals surface area contributed by atoms with Gasteiger partial charge in [-0.15, -0.1) is 11.3 Å². The first-order valence-corrected chi connectivity index (χ1v) is 6.94. The second-order valence-corrected chi connectivity index (χ2v) is 5.66. The number of aryl methyl sites for hydroxylation is 1. The van der Waals surface area contributed by atoms with E-state index in [1.54, 1.807) is 23.5 Å². The van der Waals surface area contributed by atoms with E-state index in [2.05, 4.69) is 6.07 Å². The Labute approximate surface area is 115 Å². The molecule has 96 valence electrons. The van der Waals surface area contributed by atoms with E-state index in [4.69, 9.17) is 4.74 Å². The van der Waals surface area contributed by atoms with Crippen LogP contribution in [0.25, 0.3) is 10.1 Å². The van der Waals surface area contributed by atoms with Crippen LogP contribution in [0.4, 0.5) is 0 Å². The fourth-order valence-electron chi connectivity index (χ4n) is 2.01. The van der Waals surface area contributed by atoms with E-state index in [1.807, 2.05) is 37.3 Å². The molecule has 0 radical (unpaired) electrons. The zero-order valence-electron chi connectivity index (χ0n) is 10.6. The lowest BCUT2D eigenvalue weighted by Gasteiger charge is -2.06. The van der Waals surface area contributed by atoms with Crippen LogP contribution in [0.1, 0.15) is 10.4 Å². The molecule has 0 saturated carbocycles. The zero-order chi connectivity index (χ0) is 13.2. The lowest BCUT2D eigenvalue weighted by atomic mass is 10.2. The van der Waals surface area contributed by atoms with Crippen molar-refractivity contribution in [3.05, 3.63) is 59.0 Å². The summed E-state index contributed by atoms with van der Waals surface area (Å²) < 4.78 is 6.92. The van der Waals surface area contributed by atoms with E-state index < -0.39 is 0 Å².